The Morgan fingerprint density at radius 1 is 1.40 bits per heavy atom. The maximum Gasteiger partial charge on any atom is 0.321 e. The minimum Gasteiger partial charge on any atom is -0.381 e. The number of carbonyl (C=O) groups excluding carboxylic acids is 1. The summed E-state index contributed by atoms with van der Waals surface area (Å²) in [5.74, 6) is 1.57. The predicted molar refractivity (Wildman–Crippen MR) is 102 cm³/mol. The van der Waals surface area contributed by atoms with E-state index in [4.69, 9.17) is 4.74 Å². The van der Waals surface area contributed by atoms with E-state index in [0.29, 0.717) is 17.8 Å². The minimum absolute atomic E-state index is 0.0276. The van der Waals surface area contributed by atoms with E-state index in [2.05, 4.69) is 43.9 Å². The lowest BCUT2D eigenvalue weighted by atomic mass is 9.91. The number of likely N-dealkylation sites (tertiary alicyclic amines) is 1. The van der Waals surface area contributed by atoms with Crippen LogP contribution in [0.5, 0.6) is 0 Å². The molecule has 3 rings (SSSR count). The highest BCUT2D eigenvalue weighted by Crippen LogP contribution is 2.32. The van der Waals surface area contributed by atoms with Gasteiger partial charge in [0.25, 0.3) is 0 Å². The minimum atomic E-state index is 0.0276. The number of benzene rings is 1. The summed E-state index contributed by atoms with van der Waals surface area (Å²) in [6.45, 7) is 11.6. The topological polar surface area (TPSA) is 41.6 Å². The molecule has 2 heterocycles. The van der Waals surface area contributed by atoms with Crippen molar-refractivity contribution in [2.75, 3.05) is 31.6 Å². The van der Waals surface area contributed by atoms with Crippen LogP contribution >= 0.6 is 0 Å². The highest BCUT2D eigenvalue weighted by Gasteiger charge is 2.34. The van der Waals surface area contributed by atoms with E-state index in [0.717, 1.165) is 56.8 Å². The highest BCUT2D eigenvalue weighted by atomic mass is 16.5. The zero-order valence-corrected chi connectivity index (χ0v) is 15.5. The molecule has 2 aliphatic rings. The summed E-state index contributed by atoms with van der Waals surface area (Å²) in [5, 5.41) is 3.21. The van der Waals surface area contributed by atoms with E-state index >= 15 is 0 Å². The van der Waals surface area contributed by atoms with Crippen LogP contribution in [-0.4, -0.2) is 37.2 Å². The van der Waals surface area contributed by atoms with Crippen LogP contribution in [0.15, 0.2) is 30.9 Å². The SMILES string of the molecule is C=CCc1cccc(C(C)C)c1NC(=O)N1CC[C@@H]([C@@H]2CCOC2)C1. The molecule has 1 aromatic rings. The molecule has 0 spiro atoms. The maximum atomic E-state index is 12.9. The van der Waals surface area contributed by atoms with Gasteiger partial charge in [-0.1, -0.05) is 38.1 Å². The lowest BCUT2D eigenvalue weighted by Gasteiger charge is -2.23. The zero-order chi connectivity index (χ0) is 17.8. The van der Waals surface area contributed by atoms with Gasteiger partial charge in [0, 0.05) is 32.0 Å². The highest BCUT2D eigenvalue weighted by molar-refractivity contribution is 5.91. The van der Waals surface area contributed by atoms with Crippen LogP contribution in [0.2, 0.25) is 0 Å². The standard InChI is InChI=1S/C21H30N2O2/c1-4-6-16-7-5-8-19(15(2)3)20(16)22-21(24)23-11-9-17(13-23)18-10-12-25-14-18/h4-5,7-8,15,17-18H,1,6,9-14H2,2-3H3,(H,22,24)/t17-,18-/m1/s1. The van der Waals surface area contributed by atoms with Gasteiger partial charge in [-0.2, -0.15) is 0 Å². The number of carbonyl (C=O) groups is 1. The Morgan fingerprint density at radius 3 is 2.92 bits per heavy atom. The maximum absolute atomic E-state index is 12.9. The molecule has 0 radical (unpaired) electrons. The Labute approximate surface area is 151 Å². The second-order valence-electron chi connectivity index (χ2n) is 7.58. The van der Waals surface area contributed by atoms with Crippen molar-refractivity contribution in [2.45, 2.75) is 39.0 Å². The van der Waals surface area contributed by atoms with Crippen LogP contribution < -0.4 is 5.32 Å². The van der Waals surface area contributed by atoms with E-state index in [9.17, 15) is 4.79 Å². The molecule has 2 saturated heterocycles. The number of amides is 2. The molecular weight excluding hydrogens is 312 g/mol. The molecule has 2 atom stereocenters. The fraction of sp³-hybridized carbons (Fsp3) is 0.571. The number of anilines is 1. The van der Waals surface area contributed by atoms with Crippen molar-refractivity contribution in [3.05, 3.63) is 42.0 Å². The van der Waals surface area contributed by atoms with Crippen molar-refractivity contribution in [2.24, 2.45) is 11.8 Å². The number of hydrogen-bond acceptors (Lipinski definition) is 2. The van der Waals surface area contributed by atoms with Crippen molar-refractivity contribution >= 4 is 11.7 Å². The van der Waals surface area contributed by atoms with Crippen LogP contribution in [0.1, 0.15) is 43.7 Å². The van der Waals surface area contributed by atoms with Gasteiger partial charge in [0.15, 0.2) is 0 Å². The van der Waals surface area contributed by atoms with Gasteiger partial charge in [0.1, 0.15) is 0 Å². The van der Waals surface area contributed by atoms with Gasteiger partial charge in [-0.05, 0) is 48.1 Å². The van der Waals surface area contributed by atoms with E-state index in [-0.39, 0.29) is 6.03 Å². The Balaban J connectivity index is 1.71. The summed E-state index contributed by atoms with van der Waals surface area (Å²) in [5.41, 5.74) is 3.29. The summed E-state index contributed by atoms with van der Waals surface area (Å²) in [6.07, 6.45) is 4.88. The quantitative estimate of drug-likeness (QED) is 0.804. The number of rotatable bonds is 5. The van der Waals surface area contributed by atoms with Crippen molar-refractivity contribution in [1.82, 2.24) is 4.90 Å². The summed E-state index contributed by atoms with van der Waals surface area (Å²) in [4.78, 5) is 14.8. The average Bonchev–Trinajstić information content (AvgIpc) is 3.27. The normalized spacial score (nSPS) is 23.2. The number of hydrogen-bond donors (Lipinski definition) is 1. The first-order chi connectivity index (χ1) is 12.1. The Morgan fingerprint density at radius 2 is 2.24 bits per heavy atom. The molecule has 4 nitrogen and oxygen atoms in total. The molecule has 25 heavy (non-hydrogen) atoms. The molecule has 0 bridgehead atoms. The van der Waals surface area contributed by atoms with E-state index in [1.165, 1.54) is 5.56 Å². The number of para-hydroxylation sites is 1. The first-order valence-corrected chi connectivity index (χ1v) is 9.46. The first-order valence-electron chi connectivity index (χ1n) is 9.46. The Hall–Kier alpha value is -1.81. The van der Waals surface area contributed by atoms with Crippen molar-refractivity contribution in [3.63, 3.8) is 0 Å². The van der Waals surface area contributed by atoms with Crippen molar-refractivity contribution in [3.8, 4) is 0 Å². The molecule has 4 heteroatoms. The fourth-order valence-corrected chi connectivity index (χ4v) is 4.05. The van der Waals surface area contributed by atoms with Gasteiger partial charge < -0.3 is 15.0 Å². The second-order valence-corrected chi connectivity index (χ2v) is 7.58. The third kappa shape index (κ3) is 4.06. The van der Waals surface area contributed by atoms with Gasteiger partial charge in [0.2, 0.25) is 0 Å². The molecule has 136 valence electrons. The molecule has 0 aliphatic carbocycles. The number of nitrogens with one attached hydrogen (secondary N) is 1. The lowest BCUT2D eigenvalue weighted by molar-refractivity contribution is 0.171. The third-order valence-corrected chi connectivity index (χ3v) is 5.54. The fourth-order valence-electron chi connectivity index (χ4n) is 4.05. The van der Waals surface area contributed by atoms with Crippen LogP contribution in [0.4, 0.5) is 10.5 Å². The molecular formula is C21H30N2O2. The molecule has 2 aliphatic heterocycles. The first kappa shape index (κ1) is 18.0. The number of nitrogens with zero attached hydrogens (tertiary/aromatic N) is 1. The molecule has 2 fully saturated rings. The summed E-state index contributed by atoms with van der Waals surface area (Å²) < 4.78 is 5.52. The van der Waals surface area contributed by atoms with Crippen LogP contribution in [0.25, 0.3) is 0 Å². The lowest BCUT2D eigenvalue weighted by Crippen LogP contribution is -2.34. The molecule has 2 amide bonds. The van der Waals surface area contributed by atoms with Crippen LogP contribution in [0.3, 0.4) is 0 Å². The van der Waals surface area contributed by atoms with E-state index < -0.39 is 0 Å². The third-order valence-electron chi connectivity index (χ3n) is 5.54. The van der Waals surface area contributed by atoms with E-state index in [1.807, 2.05) is 11.0 Å². The molecule has 0 aromatic heterocycles. The monoisotopic (exact) mass is 342 g/mol. The predicted octanol–water partition coefficient (Wildman–Crippen LogP) is 4.43. The van der Waals surface area contributed by atoms with Crippen LogP contribution in [-0.2, 0) is 11.2 Å². The zero-order valence-electron chi connectivity index (χ0n) is 15.5. The second kappa shape index (κ2) is 8.05. The molecule has 1 N–H and O–H groups in total. The summed E-state index contributed by atoms with van der Waals surface area (Å²) >= 11 is 0. The van der Waals surface area contributed by atoms with Crippen molar-refractivity contribution < 1.29 is 9.53 Å². The number of ether oxygens (including phenoxy) is 1. The smallest absolute Gasteiger partial charge is 0.321 e. The van der Waals surface area contributed by atoms with Crippen molar-refractivity contribution in [1.29, 1.82) is 0 Å². The van der Waals surface area contributed by atoms with Gasteiger partial charge >= 0.3 is 6.03 Å². The Kier molecular flexibility index (Phi) is 5.79. The molecule has 0 unspecified atom stereocenters. The van der Waals surface area contributed by atoms with Gasteiger partial charge in [0.05, 0.1) is 0 Å². The summed E-state index contributed by atoms with van der Waals surface area (Å²) in [7, 11) is 0. The molecule has 1 aromatic carbocycles. The largest absolute Gasteiger partial charge is 0.381 e. The van der Waals surface area contributed by atoms with Gasteiger partial charge in [-0.15, -0.1) is 6.58 Å². The summed E-state index contributed by atoms with van der Waals surface area (Å²) in [6, 6.07) is 6.27. The van der Waals surface area contributed by atoms with Gasteiger partial charge in [-0.25, -0.2) is 4.79 Å². The average molecular weight is 342 g/mol. The van der Waals surface area contributed by atoms with Crippen LogP contribution in [0, 0.1) is 11.8 Å². The number of urea groups is 1. The number of allylic oxidation sites excluding steroid dienone is 1. The van der Waals surface area contributed by atoms with Gasteiger partial charge in [-0.3, -0.25) is 0 Å². The molecule has 0 saturated carbocycles. The Bertz CT molecular complexity index is 620. The van der Waals surface area contributed by atoms with E-state index in [1.54, 1.807) is 0 Å².